The zero-order valence-corrected chi connectivity index (χ0v) is 6.38. The maximum absolute atomic E-state index is 10.3. The van der Waals surface area contributed by atoms with Gasteiger partial charge < -0.3 is 5.11 Å². The molecule has 0 spiro atoms. The summed E-state index contributed by atoms with van der Waals surface area (Å²) in [4.78, 5) is 14.1. The predicted octanol–water partition coefficient (Wildman–Crippen LogP) is 1.52. The van der Waals surface area contributed by atoms with Gasteiger partial charge in [0.2, 0.25) is 0 Å². The van der Waals surface area contributed by atoms with Crippen molar-refractivity contribution in [2.45, 2.75) is 5.88 Å². The lowest BCUT2D eigenvalue weighted by molar-refractivity contribution is 0.0696. The number of nitrogens with zero attached hydrogens (tertiary/aromatic N) is 1. The molecule has 0 radical (unpaired) electrons. The highest BCUT2D eigenvalue weighted by molar-refractivity contribution is 6.16. The Kier molecular flexibility index (Phi) is 2.44. The zero-order valence-electron chi connectivity index (χ0n) is 5.62. The first-order valence-corrected chi connectivity index (χ1v) is 3.51. The van der Waals surface area contributed by atoms with Gasteiger partial charge in [-0.05, 0) is 12.1 Å². The van der Waals surface area contributed by atoms with E-state index in [9.17, 15) is 4.79 Å². The largest absolute Gasteiger partial charge is 0.478 e. The van der Waals surface area contributed by atoms with Crippen LogP contribution in [0.4, 0.5) is 0 Å². The Bertz CT molecular complexity index is 258. The topological polar surface area (TPSA) is 50.2 Å². The zero-order chi connectivity index (χ0) is 8.27. The van der Waals surface area contributed by atoms with Crippen LogP contribution in [0.15, 0.2) is 18.3 Å². The number of hydrogen-bond acceptors (Lipinski definition) is 2. The molecule has 0 fully saturated rings. The SMILES string of the molecule is O=C(O)c1ccc(CCl)nc1. The van der Waals surface area contributed by atoms with Crippen molar-refractivity contribution < 1.29 is 9.90 Å². The Morgan fingerprint density at radius 1 is 1.64 bits per heavy atom. The summed E-state index contributed by atoms with van der Waals surface area (Å²) < 4.78 is 0. The van der Waals surface area contributed by atoms with E-state index in [0.717, 1.165) is 0 Å². The van der Waals surface area contributed by atoms with Crippen molar-refractivity contribution in [2.24, 2.45) is 0 Å². The summed E-state index contributed by atoms with van der Waals surface area (Å²) in [5.74, 6) is -0.668. The molecule has 0 aliphatic carbocycles. The number of aromatic nitrogens is 1. The Morgan fingerprint density at radius 2 is 2.36 bits per heavy atom. The fraction of sp³-hybridized carbons (Fsp3) is 0.143. The van der Waals surface area contributed by atoms with E-state index in [2.05, 4.69) is 4.98 Å². The Morgan fingerprint density at radius 3 is 2.73 bits per heavy atom. The van der Waals surface area contributed by atoms with E-state index in [0.29, 0.717) is 11.6 Å². The second kappa shape index (κ2) is 3.34. The molecule has 1 aromatic rings. The van der Waals surface area contributed by atoms with E-state index in [-0.39, 0.29) is 5.56 Å². The summed E-state index contributed by atoms with van der Waals surface area (Å²) in [6, 6.07) is 3.07. The van der Waals surface area contributed by atoms with Crippen molar-refractivity contribution >= 4 is 17.6 Å². The highest BCUT2D eigenvalue weighted by Crippen LogP contribution is 2.02. The van der Waals surface area contributed by atoms with Crippen molar-refractivity contribution in [1.82, 2.24) is 4.98 Å². The van der Waals surface area contributed by atoms with Crippen LogP contribution in [-0.4, -0.2) is 16.1 Å². The molecule has 0 aromatic carbocycles. The highest BCUT2D eigenvalue weighted by Gasteiger charge is 2.01. The van der Waals surface area contributed by atoms with Gasteiger partial charge in [0, 0.05) is 6.20 Å². The molecule has 1 aromatic heterocycles. The first-order valence-electron chi connectivity index (χ1n) is 2.98. The Balaban J connectivity index is 2.91. The van der Waals surface area contributed by atoms with Crippen LogP contribution >= 0.6 is 11.6 Å². The van der Waals surface area contributed by atoms with E-state index >= 15 is 0 Å². The number of rotatable bonds is 2. The average Bonchev–Trinajstić information content (AvgIpc) is 2.05. The first-order chi connectivity index (χ1) is 5.24. The smallest absolute Gasteiger partial charge is 0.337 e. The second-order valence-corrected chi connectivity index (χ2v) is 2.24. The second-order valence-electron chi connectivity index (χ2n) is 1.98. The predicted molar refractivity (Wildman–Crippen MR) is 40.8 cm³/mol. The monoisotopic (exact) mass is 171 g/mol. The average molecular weight is 172 g/mol. The summed E-state index contributed by atoms with van der Waals surface area (Å²) in [7, 11) is 0. The molecule has 1 rings (SSSR count). The lowest BCUT2D eigenvalue weighted by Crippen LogP contribution is -1.97. The number of aromatic carboxylic acids is 1. The van der Waals surface area contributed by atoms with Crippen molar-refractivity contribution in [2.75, 3.05) is 0 Å². The first kappa shape index (κ1) is 8.01. The minimum atomic E-state index is -0.973. The van der Waals surface area contributed by atoms with Gasteiger partial charge in [0.15, 0.2) is 0 Å². The number of hydrogen-bond donors (Lipinski definition) is 1. The molecule has 4 heteroatoms. The third kappa shape index (κ3) is 1.91. The summed E-state index contributed by atoms with van der Waals surface area (Å²) in [5, 5.41) is 8.48. The molecule has 0 unspecified atom stereocenters. The quantitative estimate of drug-likeness (QED) is 0.687. The number of alkyl halides is 1. The molecule has 58 valence electrons. The highest BCUT2D eigenvalue weighted by atomic mass is 35.5. The fourth-order valence-corrected chi connectivity index (χ4v) is 0.788. The number of halogens is 1. The summed E-state index contributed by atoms with van der Waals surface area (Å²) >= 11 is 5.45. The fourth-order valence-electron chi connectivity index (χ4n) is 0.630. The standard InChI is InChI=1S/C7H6ClNO2/c8-3-6-2-1-5(4-9-6)7(10)11/h1-2,4H,3H2,(H,10,11). The lowest BCUT2D eigenvalue weighted by atomic mass is 10.2. The molecule has 1 heterocycles. The van der Waals surface area contributed by atoms with Crippen molar-refractivity contribution in [1.29, 1.82) is 0 Å². The Labute approximate surface area is 68.6 Å². The molecule has 0 saturated heterocycles. The van der Waals surface area contributed by atoms with Gasteiger partial charge in [0.1, 0.15) is 0 Å². The van der Waals surface area contributed by atoms with E-state index in [1.807, 2.05) is 0 Å². The van der Waals surface area contributed by atoms with Crippen LogP contribution in [-0.2, 0) is 5.88 Å². The van der Waals surface area contributed by atoms with E-state index < -0.39 is 5.97 Å². The van der Waals surface area contributed by atoms with E-state index in [1.165, 1.54) is 12.3 Å². The van der Waals surface area contributed by atoms with Crippen molar-refractivity contribution in [3.8, 4) is 0 Å². The maximum atomic E-state index is 10.3. The van der Waals surface area contributed by atoms with Gasteiger partial charge in [-0.25, -0.2) is 4.79 Å². The Hall–Kier alpha value is -1.09. The van der Waals surface area contributed by atoms with Gasteiger partial charge in [-0.3, -0.25) is 4.98 Å². The van der Waals surface area contributed by atoms with Crippen LogP contribution in [0.5, 0.6) is 0 Å². The van der Waals surface area contributed by atoms with Crippen molar-refractivity contribution in [3.05, 3.63) is 29.6 Å². The van der Waals surface area contributed by atoms with Crippen LogP contribution < -0.4 is 0 Å². The van der Waals surface area contributed by atoms with Crippen LogP contribution in [0, 0.1) is 0 Å². The van der Waals surface area contributed by atoms with Crippen LogP contribution in [0.3, 0.4) is 0 Å². The summed E-state index contributed by atoms with van der Waals surface area (Å²) in [5.41, 5.74) is 0.857. The minimum Gasteiger partial charge on any atom is -0.478 e. The van der Waals surface area contributed by atoms with Gasteiger partial charge >= 0.3 is 5.97 Å². The molecule has 0 aliphatic heterocycles. The molecule has 3 nitrogen and oxygen atoms in total. The molecule has 0 amide bonds. The van der Waals surface area contributed by atoms with Crippen LogP contribution in [0.1, 0.15) is 16.1 Å². The molecular formula is C7H6ClNO2. The third-order valence-electron chi connectivity index (χ3n) is 1.21. The summed E-state index contributed by atoms with van der Waals surface area (Å²) in [6.45, 7) is 0. The van der Waals surface area contributed by atoms with Crippen LogP contribution in [0.2, 0.25) is 0 Å². The molecule has 1 N–H and O–H groups in total. The maximum Gasteiger partial charge on any atom is 0.337 e. The summed E-state index contributed by atoms with van der Waals surface area (Å²) in [6.07, 6.45) is 1.29. The van der Waals surface area contributed by atoms with E-state index in [1.54, 1.807) is 6.07 Å². The van der Waals surface area contributed by atoms with Gasteiger partial charge in [-0.2, -0.15) is 0 Å². The van der Waals surface area contributed by atoms with Gasteiger partial charge in [-0.1, -0.05) is 0 Å². The molecule has 0 bridgehead atoms. The minimum absolute atomic E-state index is 0.180. The molecule has 11 heavy (non-hydrogen) atoms. The molecular weight excluding hydrogens is 166 g/mol. The number of carboxylic acid groups (broad SMARTS) is 1. The van der Waals surface area contributed by atoms with Gasteiger partial charge in [-0.15, -0.1) is 11.6 Å². The third-order valence-corrected chi connectivity index (χ3v) is 1.48. The normalized spacial score (nSPS) is 9.55. The number of carbonyl (C=O) groups is 1. The molecule has 0 atom stereocenters. The number of carboxylic acids is 1. The lowest BCUT2D eigenvalue weighted by Gasteiger charge is -1.94. The van der Waals surface area contributed by atoms with Gasteiger partial charge in [0.05, 0.1) is 17.1 Å². The van der Waals surface area contributed by atoms with Crippen molar-refractivity contribution in [3.63, 3.8) is 0 Å². The van der Waals surface area contributed by atoms with E-state index in [4.69, 9.17) is 16.7 Å². The number of pyridine rings is 1. The molecule has 0 aliphatic rings. The molecule has 0 saturated carbocycles. The van der Waals surface area contributed by atoms with Crippen LogP contribution in [0.25, 0.3) is 0 Å². The van der Waals surface area contributed by atoms with Gasteiger partial charge in [0.25, 0.3) is 0 Å².